The smallest absolute Gasteiger partial charge is 0.0992 e. The highest BCUT2D eigenvalue weighted by molar-refractivity contribution is 5.00. The van der Waals surface area contributed by atoms with Crippen LogP contribution in [0.15, 0.2) is 0 Å². The number of rotatable bonds is 5. The van der Waals surface area contributed by atoms with Crippen molar-refractivity contribution in [2.45, 2.75) is 43.6 Å². The summed E-state index contributed by atoms with van der Waals surface area (Å²) >= 11 is 0. The highest BCUT2D eigenvalue weighted by atomic mass is 16.3. The zero-order valence-corrected chi connectivity index (χ0v) is 11.4. The molecule has 0 radical (unpaired) electrons. The predicted molar refractivity (Wildman–Crippen MR) is 70.8 cm³/mol. The third-order valence-corrected chi connectivity index (χ3v) is 4.49. The van der Waals surface area contributed by atoms with Crippen LogP contribution in [0.3, 0.4) is 0 Å². The maximum atomic E-state index is 9.89. The van der Waals surface area contributed by atoms with Gasteiger partial charge < -0.3 is 25.3 Å². The Balaban J connectivity index is 1.91. The van der Waals surface area contributed by atoms with Gasteiger partial charge in [0.1, 0.15) is 0 Å². The van der Waals surface area contributed by atoms with Crippen LogP contribution in [0.2, 0.25) is 0 Å². The third kappa shape index (κ3) is 3.26. The van der Waals surface area contributed by atoms with Crippen LogP contribution in [0, 0.1) is 0 Å². The van der Waals surface area contributed by atoms with E-state index < -0.39 is 24.3 Å². The molecule has 2 saturated heterocycles. The van der Waals surface area contributed by atoms with Gasteiger partial charge in [0.25, 0.3) is 0 Å². The Bertz CT molecular complexity index is 257. The quantitative estimate of drug-likeness (QED) is 0.475. The zero-order chi connectivity index (χ0) is 13.8. The number of aliphatic hydroxyl groups is 4. The van der Waals surface area contributed by atoms with Gasteiger partial charge in [0.2, 0.25) is 0 Å². The molecule has 6 nitrogen and oxygen atoms in total. The van der Waals surface area contributed by atoms with Crippen molar-refractivity contribution in [1.82, 2.24) is 9.80 Å². The average molecular weight is 274 g/mol. The van der Waals surface area contributed by atoms with Crippen molar-refractivity contribution in [2.24, 2.45) is 0 Å². The fourth-order valence-electron chi connectivity index (χ4n) is 3.29. The molecule has 2 aliphatic rings. The first kappa shape index (κ1) is 15.2. The van der Waals surface area contributed by atoms with Gasteiger partial charge in [0.05, 0.1) is 37.5 Å². The fraction of sp³-hybridized carbons (Fsp3) is 1.00. The Morgan fingerprint density at radius 3 is 1.79 bits per heavy atom. The van der Waals surface area contributed by atoms with Gasteiger partial charge in [-0.25, -0.2) is 0 Å². The van der Waals surface area contributed by atoms with E-state index >= 15 is 0 Å². The Labute approximate surface area is 114 Å². The molecule has 0 bridgehead atoms. The maximum absolute atomic E-state index is 9.89. The largest absolute Gasteiger partial charge is 0.395 e. The second-order valence-electron chi connectivity index (χ2n) is 5.62. The van der Waals surface area contributed by atoms with Crippen LogP contribution in [-0.4, -0.2) is 93.9 Å². The van der Waals surface area contributed by atoms with Crippen LogP contribution < -0.4 is 0 Å². The molecule has 0 saturated carbocycles. The van der Waals surface area contributed by atoms with Gasteiger partial charge in [0.15, 0.2) is 0 Å². The van der Waals surface area contributed by atoms with Gasteiger partial charge in [-0.2, -0.15) is 0 Å². The van der Waals surface area contributed by atoms with E-state index in [1.165, 1.54) is 19.3 Å². The molecular weight excluding hydrogens is 248 g/mol. The Kier molecular flexibility index (Phi) is 5.56. The lowest BCUT2D eigenvalue weighted by atomic mass is 10.1. The number of hydrogen-bond acceptors (Lipinski definition) is 6. The SMILES string of the molecule is OC[C@@H]1[C@@H](O)[C@H](O)[C@@H](CO)N1CCN1CCCCC1. The summed E-state index contributed by atoms with van der Waals surface area (Å²) in [7, 11) is 0. The van der Waals surface area contributed by atoms with E-state index in [1.807, 2.05) is 4.90 Å². The van der Waals surface area contributed by atoms with Crippen LogP contribution in [0.4, 0.5) is 0 Å². The van der Waals surface area contributed by atoms with Crippen LogP contribution >= 0.6 is 0 Å². The molecule has 112 valence electrons. The molecule has 4 atom stereocenters. The molecule has 0 aromatic rings. The minimum absolute atomic E-state index is 0.200. The van der Waals surface area contributed by atoms with E-state index in [1.54, 1.807) is 0 Å². The monoisotopic (exact) mass is 274 g/mol. The summed E-state index contributed by atoms with van der Waals surface area (Å²) in [6.07, 6.45) is 1.76. The van der Waals surface area contributed by atoms with E-state index in [-0.39, 0.29) is 13.2 Å². The summed E-state index contributed by atoms with van der Waals surface area (Å²) in [4.78, 5) is 4.22. The second kappa shape index (κ2) is 6.97. The first-order valence-electron chi connectivity index (χ1n) is 7.25. The Morgan fingerprint density at radius 2 is 1.32 bits per heavy atom. The summed E-state index contributed by atoms with van der Waals surface area (Å²) in [6, 6.07) is -0.950. The van der Waals surface area contributed by atoms with Crippen molar-refractivity contribution < 1.29 is 20.4 Å². The number of aliphatic hydroxyl groups excluding tert-OH is 4. The average Bonchev–Trinajstić information content (AvgIpc) is 2.68. The number of nitrogens with zero attached hydrogens (tertiary/aromatic N) is 2. The minimum atomic E-state index is -0.983. The van der Waals surface area contributed by atoms with Gasteiger partial charge >= 0.3 is 0 Å². The van der Waals surface area contributed by atoms with Gasteiger partial charge in [-0.3, -0.25) is 4.90 Å². The van der Waals surface area contributed by atoms with Crippen LogP contribution in [-0.2, 0) is 0 Å². The molecule has 0 aliphatic carbocycles. The van der Waals surface area contributed by atoms with Gasteiger partial charge in [-0.1, -0.05) is 6.42 Å². The molecule has 0 amide bonds. The predicted octanol–water partition coefficient (Wildman–Crippen LogP) is -1.77. The summed E-state index contributed by atoms with van der Waals surface area (Å²) in [5, 5.41) is 38.5. The van der Waals surface area contributed by atoms with Crippen molar-refractivity contribution in [3.63, 3.8) is 0 Å². The summed E-state index contributed by atoms with van der Waals surface area (Å²) in [5.41, 5.74) is 0. The Morgan fingerprint density at radius 1 is 0.789 bits per heavy atom. The van der Waals surface area contributed by atoms with E-state index in [0.717, 1.165) is 19.6 Å². The van der Waals surface area contributed by atoms with Crippen LogP contribution in [0.5, 0.6) is 0 Å². The van der Waals surface area contributed by atoms with Crippen molar-refractivity contribution in [2.75, 3.05) is 39.4 Å². The lowest BCUT2D eigenvalue weighted by Crippen LogP contribution is -2.47. The van der Waals surface area contributed by atoms with Gasteiger partial charge in [0, 0.05) is 13.1 Å². The molecule has 2 aliphatic heterocycles. The van der Waals surface area contributed by atoms with E-state index in [0.29, 0.717) is 6.54 Å². The number of piperidine rings is 1. The van der Waals surface area contributed by atoms with Crippen LogP contribution in [0.25, 0.3) is 0 Å². The molecule has 0 unspecified atom stereocenters. The first-order chi connectivity index (χ1) is 9.19. The number of hydrogen-bond donors (Lipinski definition) is 4. The molecule has 0 spiro atoms. The lowest BCUT2D eigenvalue weighted by Gasteiger charge is -2.33. The van der Waals surface area contributed by atoms with Crippen molar-refractivity contribution in [3.8, 4) is 0 Å². The summed E-state index contributed by atoms with van der Waals surface area (Å²) in [5.74, 6) is 0. The van der Waals surface area contributed by atoms with E-state index in [2.05, 4.69) is 4.90 Å². The van der Waals surface area contributed by atoms with E-state index in [4.69, 9.17) is 0 Å². The molecule has 19 heavy (non-hydrogen) atoms. The van der Waals surface area contributed by atoms with Crippen molar-refractivity contribution in [3.05, 3.63) is 0 Å². The van der Waals surface area contributed by atoms with E-state index in [9.17, 15) is 20.4 Å². The standard InChI is InChI=1S/C13H26N2O4/c16-8-10-12(18)13(19)11(9-17)15(10)7-6-14-4-2-1-3-5-14/h10-13,16-19H,1-9H2/t10-,11-,12-,13-/m1/s1. The molecule has 2 heterocycles. The molecule has 2 rings (SSSR count). The highest BCUT2D eigenvalue weighted by Crippen LogP contribution is 2.25. The highest BCUT2D eigenvalue weighted by Gasteiger charge is 2.46. The lowest BCUT2D eigenvalue weighted by molar-refractivity contribution is 0.0130. The third-order valence-electron chi connectivity index (χ3n) is 4.49. The Hall–Kier alpha value is -0.240. The van der Waals surface area contributed by atoms with Gasteiger partial charge in [-0.05, 0) is 25.9 Å². The summed E-state index contributed by atoms with van der Waals surface area (Å²) < 4.78 is 0. The molecule has 2 fully saturated rings. The van der Waals surface area contributed by atoms with Crippen LogP contribution in [0.1, 0.15) is 19.3 Å². The topological polar surface area (TPSA) is 87.4 Å². The van der Waals surface area contributed by atoms with Gasteiger partial charge in [-0.15, -0.1) is 0 Å². The minimum Gasteiger partial charge on any atom is -0.395 e. The molecule has 0 aromatic heterocycles. The maximum Gasteiger partial charge on any atom is 0.0992 e. The zero-order valence-electron chi connectivity index (χ0n) is 11.4. The molecular formula is C13H26N2O4. The van der Waals surface area contributed by atoms with Crippen molar-refractivity contribution >= 4 is 0 Å². The molecule has 6 heteroatoms. The van der Waals surface area contributed by atoms with Crippen molar-refractivity contribution in [1.29, 1.82) is 0 Å². The summed E-state index contributed by atoms with van der Waals surface area (Å²) in [6.45, 7) is 3.29. The molecule has 0 aromatic carbocycles. The second-order valence-corrected chi connectivity index (χ2v) is 5.62. The molecule has 4 N–H and O–H groups in total. The normalized spacial score (nSPS) is 37.9. The fourth-order valence-corrected chi connectivity index (χ4v) is 3.29. The first-order valence-corrected chi connectivity index (χ1v) is 7.25. The number of likely N-dealkylation sites (tertiary alicyclic amines) is 2.